The van der Waals surface area contributed by atoms with Gasteiger partial charge in [-0.25, -0.2) is 9.37 Å². The average Bonchev–Trinajstić information content (AvgIpc) is 2.46. The van der Waals surface area contributed by atoms with Crippen molar-refractivity contribution in [2.75, 3.05) is 24.3 Å². The van der Waals surface area contributed by atoms with E-state index in [9.17, 15) is 4.39 Å². The van der Waals surface area contributed by atoms with Crippen LogP contribution >= 0.6 is 0 Å². The van der Waals surface area contributed by atoms with Gasteiger partial charge in [-0.3, -0.25) is 0 Å². The number of nitrogens with zero attached hydrogens (tertiary/aromatic N) is 2. The van der Waals surface area contributed by atoms with Gasteiger partial charge in [-0.05, 0) is 25.1 Å². The molecule has 0 aliphatic heterocycles. The summed E-state index contributed by atoms with van der Waals surface area (Å²) in [6.45, 7) is 1.96. The zero-order chi connectivity index (χ0) is 13.8. The van der Waals surface area contributed by atoms with Crippen LogP contribution in [0.1, 0.15) is 18.5 Å². The Morgan fingerprint density at radius 1 is 1.16 bits per heavy atom. The molecule has 3 nitrogen and oxygen atoms in total. The van der Waals surface area contributed by atoms with Crippen LogP contribution in [0.25, 0.3) is 0 Å². The number of benzene rings is 1. The Bertz CT molecular complexity index is 557. The lowest BCUT2D eigenvalue weighted by Crippen LogP contribution is -2.23. The monoisotopic (exact) mass is 259 g/mol. The summed E-state index contributed by atoms with van der Waals surface area (Å²) in [5.74, 6) is 1.42. The highest BCUT2D eigenvalue weighted by Gasteiger charge is 2.16. The maximum atomic E-state index is 13.8. The minimum Gasteiger partial charge on any atom is -0.373 e. The minimum absolute atomic E-state index is 0.0826. The first-order chi connectivity index (χ1) is 9.13. The molecule has 1 heterocycles. The summed E-state index contributed by atoms with van der Waals surface area (Å²) in [4.78, 5) is 6.42. The molecule has 1 N–H and O–H groups in total. The van der Waals surface area contributed by atoms with Gasteiger partial charge in [0, 0.05) is 19.7 Å². The average molecular weight is 259 g/mol. The Kier molecular flexibility index (Phi) is 4.00. The van der Waals surface area contributed by atoms with Gasteiger partial charge in [0.15, 0.2) is 0 Å². The van der Waals surface area contributed by atoms with Crippen LogP contribution in [0, 0.1) is 5.82 Å². The molecule has 2 aromatic rings. The molecule has 0 aliphatic rings. The minimum atomic E-state index is -0.188. The first kappa shape index (κ1) is 13.3. The van der Waals surface area contributed by atoms with Crippen molar-refractivity contribution in [1.82, 2.24) is 4.98 Å². The lowest BCUT2D eigenvalue weighted by atomic mass is 10.1. The Morgan fingerprint density at radius 2 is 1.89 bits per heavy atom. The van der Waals surface area contributed by atoms with Crippen molar-refractivity contribution in [2.24, 2.45) is 0 Å². The molecule has 0 saturated heterocycles. The number of nitrogens with one attached hydrogen (secondary N) is 1. The van der Waals surface area contributed by atoms with Crippen LogP contribution in [-0.4, -0.2) is 19.1 Å². The van der Waals surface area contributed by atoms with Gasteiger partial charge in [-0.15, -0.1) is 0 Å². The molecule has 0 spiro atoms. The molecule has 100 valence electrons. The number of aromatic nitrogens is 1. The normalized spacial score (nSPS) is 12.0. The fraction of sp³-hybridized carbons (Fsp3) is 0.267. The van der Waals surface area contributed by atoms with Crippen molar-refractivity contribution in [2.45, 2.75) is 13.0 Å². The SMILES string of the molecule is CNc1cccc(N(C)C(C)c2ccccc2F)n1. The number of hydrogen-bond acceptors (Lipinski definition) is 3. The second kappa shape index (κ2) is 5.69. The van der Waals surface area contributed by atoms with E-state index in [4.69, 9.17) is 0 Å². The quantitative estimate of drug-likeness (QED) is 0.911. The third kappa shape index (κ3) is 2.84. The maximum Gasteiger partial charge on any atom is 0.131 e. The molecule has 2 rings (SSSR count). The van der Waals surface area contributed by atoms with E-state index in [1.807, 2.05) is 50.2 Å². The second-order valence-electron chi connectivity index (χ2n) is 4.44. The standard InChI is InChI=1S/C15H18FN3/c1-11(12-7-4-5-8-13(12)16)19(3)15-10-6-9-14(17-2)18-15/h4-11H,1-3H3,(H,17,18). The zero-order valence-corrected chi connectivity index (χ0v) is 11.4. The van der Waals surface area contributed by atoms with E-state index in [-0.39, 0.29) is 11.9 Å². The predicted molar refractivity (Wildman–Crippen MR) is 77.0 cm³/mol. The van der Waals surface area contributed by atoms with Gasteiger partial charge in [0.05, 0.1) is 6.04 Å². The first-order valence-corrected chi connectivity index (χ1v) is 6.25. The summed E-state index contributed by atoms with van der Waals surface area (Å²) < 4.78 is 13.8. The molecule has 0 bridgehead atoms. The summed E-state index contributed by atoms with van der Waals surface area (Å²) in [6.07, 6.45) is 0. The summed E-state index contributed by atoms with van der Waals surface area (Å²) in [5, 5.41) is 3.00. The van der Waals surface area contributed by atoms with E-state index in [2.05, 4.69) is 10.3 Å². The molecule has 0 aliphatic carbocycles. The highest BCUT2D eigenvalue weighted by Crippen LogP contribution is 2.26. The van der Waals surface area contributed by atoms with Crippen LogP contribution in [0.3, 0.4) is 0 Å². The van der Waals surface area contributed by atoms with Gasteiger partial charge < -0.3 is 10.2 Å². The van der Waals surface area contributed by atoms with Crippen molar-refractivity contribution < 1.29 is 4.39 Å². The van der Waals surface area contributed by atoms with Gasteiger partial charge in [0.1, 0.15) is 17.5 Å². The van der Waals surface area contributed by atoms with E-state index in [0.717, 1.165) is 11.6 Å². The van der Waals surface area contributed by atoms with Crippen LogP contribution in [0.4, 0.5) is 16.0 Å². The van der Waals surface area contributed by atoms with Crippen molar-refractivity contribution in [1.29, 1.82) is 0 Å². The number of halogens is 1. The molecule has 1 aromatic heterocycles. The van der Waals surface area contributed by atoms with Gasteiger partial charge in [0.2, 0.25) is 0 Å². The third-order valence-corrected chi connectivity index (χ3v) is 3.29. The lowest BCUT2D eigenvalue weighted by molar-refractivity contribution is 0.584. The molecule has 0 amide bonds. The van der Waals surface area contributed by atoms with E-state index in [0.29, 0.717) is 5.56 Å². The van der Waals surface area contributed by atoms with Crippen LogP contribution in [0.5, 0.6) is 0 Å². The largest absolute Gasteiger partial charge is 0.373 e. The predicted octanol–water partition coefficient (Wildman–Crippen LogP) is 3.46. The molecule has 4 heteroatoms. The van der Waals surface area contributed by atoms with E-state index < -0.39 is 0 Å². The number of pyridine rings is 1. The van der Waals surface area contributed by atoms with Crippen LogP contribution in [-0.2, 0) is 0 Å². The van der Waals surface area contributed by atoms with E-state index in [1.54, 1.807) is 12.1 Å². The summed E-state index contributed by atoms with van der Waals surface area (Å²) in [5.41, 5.74) is 0.668. The second-order valence-corrected chi connectivity index (χ2v) is 4.44. The Morgan fingerprint density at radius 3 is 2.58 bits per heavy atom. The Hall–Kier alpha value is -2.10. The third-order valence-electron chi connectivity index (χ3n) is 3.29. The lowest BCUT2D eigenvalue weighted by Gasteiger charge is -2.27. The van der Waals surface area contributed by atoms with E-state index >= 15 is 0 Å². The molecule has 0 fully saturated rings. The number of hydrogen-bond donors (Lipinski definition) is 1. The highest BCUT2D eigenvalue weighted by atomic mass is 19.1. The summed E-state index contributed by atoms with van der Waals surface area (Å²) >= 11 is 0. The fourth-order valence-corrected chi connectivity index (χ4v) is 1.98. The number of anilines is 2. The molecule has 0 radical (unpaired) electrons. The Balaban J connectivity index is 2.28. The zero-order valence-electron chi connectivity index (χ0n) is 11.4. The van der Waals surface area contributed by atoms with Crippen LogP contribution < -0.4 is 10.2 Å². The molecular weight excluding hydrogens is 241 g/mol. The summed E-state index contributed by atoms with van der Waals surface area (Å²) in [6, 6.07) is 12.5. The maximum absolute atomic E-state index is 13.8. The molecule has 19 heavy (non-hydrogen) atoms. The fourth-order valence-electron chi connectivity index (χ4n) is 1.98. The topological polar surface area (TPSA) is 28.2 Å². The van der Waals surface area contributed by atoms with Gasteiger partial charge in [-0.2, -0.15) is 0 Å². The smallest absolute Gasteiger partial charge is 0.131 e. The molecule has 1 aromatic carbocycles. The van der Waals surface area contributed by atoms with Crippen molar-refractivity contribution in [3.63, 3.8) is 0 Å². The van der Waals surface area contributed by atoms with Crippen molar-refractivity contribution in [3.8, 4) is 0 Å². The van der Waals surface area contributed by atoms with Crippen LogP contribution in [0.2, 0.25) is 0 Å². The van der Waals surface area contributed by atoms with Gasteiger partial charge >= 0.3 is 0 Å². The van der Waals surface area contributed by atoms with E-state index in [1.165, 1.54) is 6.07 Å². The highest BCUT2D eigenvalue weighted by molar-refractivity contribution is 5.48. The Labute approximate surface area is 113 Å². The van der Waals surface area contributed by atoms with Gasteiger partial charge in [0.25, 0.3) is 0 Å². The van der Waals surface area contributed by atoms with Crippen molar-refractivity contribution in [3.05, 3.63) is 53.8 Å². The number of rotatable bonds is 4. The molecule has 1 unspecified atom stereocenters. The first-order valence-electron chi connectivity index (χ1n) is 6.25. The molecule has 0 saturated carbocycles. The molecule has 1 atom stereocenters. The molecular formula is C15H18FN3. The summed E-state index contributed by atoms with van der Waals surface area (Å²) in [7, 11) is 3.74. The van der Waals surface area contributed by atoms with Crippen LogP contribution in [0.15, 0.2) is 42.5 Å². The van der Waals surface area contributed by atoms with Gasteiger partial charge in [-0.1, -0.05) is 24.3 Å². The van der Waals surface area contributed by atoms with Crippen molar-refractivity contribution >= 4 is 11.6 Å².